The third-order valence-electron chi connectivity index (χ3n) is 1.82. The second-order valence-electron chi connectivity index (χ2n) is 3.04. The first-order valence-corrected chi connectivity index (χ1v) is 5.03. The number of aldehydes is 1. The van der Waals surface area contributed by atoms with E-state index in [1.165, 1.54) is 6.07 Å². The molecule has 1 aromatic rings. The lowest BCUT2D eigenvalue weighted by Gasteiger charge is -2.04. The second-order valence-corrected chi connectivity index (χ2v) is 4.13. The van der Waals surface area contributed by atoms with Gasteiger partial charge < -0.3 is 5.11 Å². The molecule has 1 aromatic heterocycles. The number of rotatable bonds is 4. The number of alkyl halides is 3. The first kappa shape index (κ1) is 12.7. The molecule has 1 heterocycles. The van der Waals surface area contributed by atoms with Gasteiger partial charge in [-0.05, 0) is 18.1 Å². The minimum absolute atomic E-state index is 0.0527. The first-order valence-electron chi connectivity index (χ1n) is 4.21. The molecule has 0 amide bonds. The van der Waals surface area contributed by atoms with Crippen molar-refractivity contribution in [3.63, 3.8) is 0 Å². The van der Waals surface area contributed by atoms with Crippen LogP contribution in [-0.2, 0) is 6.42 Å². The Morgan fingerprint density at radius 3 is 2.56 bits per heavy atom. The fourth-order valence-corrected chi connectivity index (χ4v) is 2.02. The minimum Gasteiger partial charge on any atom is -0.477 e. The van der Waals surface area contributed by atoms with Gasteiger partial charge in [0.2, 0.25) is 0 Å². The maximum Gasteiger partial charge on any atom is 0.389 e. The number of carboxylic acids is 1. The van der Waals surface area contributed by atoms with Gasteiger partial charge in [-0.3, -0.25) is 4.79 Å². The summed E-state index contributed by atoms with van der Waals surface area (Å²) in [5.41, 5.74) is 0.0527. The second kappa shape index (κ2) is 4.65. The van der Waals surface area contributed by atoms with Crippen LogP contribution >= 0.6 is 11.3 Å². The fraction of sp³-hybridized carbons (Fsp3) is 0.333. The lowest BCUT2D eigenvalue weighted by atomic mass is 10.1. The molecule has 0 spiro atoms. The highest BCUT2D eigenvalue weighted by Crippen LogP contribution is 2.27. The average molecular weight is 252 g/mol. The highest BCUT2D eigenvalue weighted by molar-refractivity contribution is 7.15. The molecule has 0 atom stereocenters. The number of aryl methyl sites for hydroxylation is 1. The minimum atomic E-state index is -4.33. The van der Waals surface area contributed by atoms with Crippen molar-refractivity contribution < 1.29 is 27.9 Å². The predicted octanol–water partition coefficient (Wildman–Crippen LogP) is 2.75. The summed E-state index contributed by atoms with van der Waals surface area (Å²) in [5.74, 6) is -1.31. The molecule has 0 aliphatic heterocycles. The molecule has 1 rings (SSSR count). The summed E-state index contributed by atoms with van der Waals surface area (Å²) in [4.78, 5) is 21.0. The molecule has 0 aliphatic carbocycles. The molecule has 16 heavy (non-hydrogen) atoms. The average Bonchev–Trinajstić information content (AvgIpc) is 2.56. The van der Waals surface area contributed by atoms with Gasteiger partial charge in [0.05, 0.1) is 4.88 Å². The summed E-state index contributed by atoms with van der Waals surface area (Å²) in [6.07, 6.45) is -5.43. The van der Waals surface area contributed by atoms with Crippen LogP contribution in [0.25, 0.3) is 0 Å². The van der Waals surface area contributed by atoms with E-state index in [-0.39, 0.29) is 15.3 Å². The molecule has 7 heteroatoms. The van der Waals surface area contributed by atoms with E-state index in [1.54, 1.807) is 0 Å². The van der Waals surface area contributed by atoms with Gasteiger partial charge in [0, 0.05) is 6.42 Å². The van der Waals surface area contributed by atoms with Crippen LogP contribution in [0.15, 0.2) is 6.07 Å². The van der Waals surface area contributed by atoms with Crippen molar-refractivity contribution in [1.29, 1.82) is 0 Å². The van der Waals surface area contributed by atoms with Crippen molar-refractivity contribution in [1.82, 2.24) is 0 Å². The van der Waals surface area contributed by atoms with E-state index in [1.807, 2.05) is 0 Å². The summed E-state index contributed by atoms with van der Waals surface area (Å²) < 4.78 is 35.8. The SMILES string of the molecule is O=Cc1cc(CCC(F)(F)F)c(C(=O)O)s1. The van der Waals surface area contributed by atoms with Crippen molar-refractivity contribution in [2.45, 2.75) is 19.0 Å². The quantitative estimate of drug-likeness (QED) is 0.838. The topological polar surface area (TPSA) is 54.4 Å². The summed E-state index contributed by atoms with van der Waals surface area (Å²) in [6, 6.07) is 1.19. The number of hydrogen-bond acceptors (Lipinski definition) is 3. The van der Waals surface area contributed by atoms with Crippen LogP contribution in [0.5, 0.6) is 0 Å². The van der Waals surface area contributed by atoms with Crippen molar-refractivity contribution in [3.8, 4) is 0 Å². The van der Waals surface area contributed by atoms with Gasteiger partial charge in [-0.1, -0.05) is 0 Å². The highest BCUT2D eigenvalue weighted by Gasteiger charge is 2.28. The highest BCUT2D eigenvalue weighted by atomic mass is 32.1. The first-order chi connectivity index (χ1) is 7.33. The molecule has 0 saturated carbocycles. The van der Waals surface area contributed by atoms with Crippen LogP contribution in [0.3, 0.4) is 0 Å². The Balaban J connectivity index is 2.89. The zero-order valence-electron chi connectivity index (χ0n) is 7.87. The largest absolute Gasteiger partial charge is 0.477 e. The number of carboxylic acid groups (broad SMARTS) is 1. The molecule has 0 radical (unpaired) electrons. The number of hydrogen-bond donors (Lipinski definition) is 1. The molecule has 0 unspecified atom stereocenters. The summed E-state index contributed by atoms with van der Waals surface area (Å²) >= 11 is 0.683. The smallest absolute Gasteiger partial charge is 0.389 e. The Morgan fingerprint density at radius 1 is 1.50 bits per heavy atom. The number of halogens is 3. The van der Waals surface area contributed by atoms with E-state index in [4.69, 9.17) is 5.11 Å². The fourth-order valence-electron chi connectivity index (χ4n) is 1.15. The van der Waals surface area contributed by atoms with Gasteiger partial charge >= 0.3 is 12.1 Å². The number of carbonyl (C=O) groups excluding carboxylic acids is 1. The molecular formula is C9H7F3O3S. The maximum absolute atomic E-state index is 11.9. The van der Waals surface area contributed by atoms with Gasteiger partial charge in [0.1, 0.15) is 4.88 Å². The van der Waals surface area contributed by atoms with Crippen molar-refractivity contribution in [2.24, 2.45) is 0 Å². The van der Waals surface area contributed by atoms with E-state index in [0.29, 0.717) is 17.6 Å². The standard InChI is InChI=1S/C9H7F3O3S/c10-9(11,12)2-1-5-3-6(4-13)16-7(5)8(14)15/h3-4H,1-2H2,(H,14,15). The van der Waals surface area contributed by atoms with Crippen LogP contribution in [-0.4, -0.2) is 23.5 Å². The third kappa shape index (κ3) is 3.34. The Kier molecular flexibility index (Phi) is 3.69. The zero-order valence-corrected chi connectivity index (χ0v) is 8.69. The van der Waals surface area contributed by atoms with Crippen LogP contribution in [0.4, 0.5) is 13.2 Å². The number of aromatic carboxylic acids is 1. The Bertz CT molecular complexity index is 409. The van der Waals surface area contributed by atoms with E-state index in [9.17, 15) is 22.8 Å². The van der Waals surface area contributed by atoms with Gasteiger partial charge in [-0.15, -0.1) is 11.3 Å². The molecule has 3 nitrogen and oxygen atoms in total. The van der Waals surface area contributed by atoms with E-state index >= 15 is 0 Å². The number of carbonyl (C=O) groups is 2. The molecule has 0 fully saturated rings. The molecule has 1 N–H and O–H groups in total. The normalized spacial score (nSPS) is 11.4. The Morgan fingerprint density at radius 2 is 2.12 bits per heavy atom. The van der Waals surface area contributed by atoms with Crippen molar-refractivity contribution >= 4 is 23.6 Å². The zero-order chi connectivity index (χ0) is 12.3. The molecule has 88 valence electrons. The van der Waals surface area contributed by atoms with E-state index in [2.05, 4.69) is 0 Å². The lowest BCUT2D eigenvalue weighted by Crippen LogP contribution is -2.09. The van der Waals surface area contributed by atoms with Crippen molar-refractivity contribution in [2.75, 3.05) is 0 Å². The summed E-state index contributed by atoms with van der Waals surface area (Å²) in [6.45, 7) is 0. The van der Waals surface area contributed by atoms with Gasteiger partial charge in [0.15, 0.2) is 6.29 Å². The summed E-state index contributed by atoms with van der Waals surface area (Å²) in [5, 5.41) is 8.72. The van der Waals surface area contributed by atoms with Gasteiger partial charge in [-0.25, -0.2) is 4.79 Å². The van der Waals surface area contributed by atoms with Gasteiger partial charge in [-0.2, -0.15) is 13.2 Å². The van der Waals surface area contributed by atoms with Crippen LogP contribution in [0.2, 0.25) is 0 Å². The van der Waals surface area contributed by atoms with Crippen LogP contribution in [0, 0.1) is 0 Å². The Labute approximate surface area is 92.5 Å². The van der Waals surface area contributed by atoms with E-state index < -0.39 is 25.0 Å². The Hall–Kier alpha value is -1.37. The maximum atomic E-state index is 11.9. The summed E-state index contributed by atoms with van der Waals surface area (Å²) in [7, 11) is 0. The predicted molar refractivity (Wildman–Crippen MR) is 51.0 cm³/mol. The third-order valence-corrected chi connectivity index (χ3v) is 2.91. The van der Waals surface area contributed by atoms with E-state index in [0.717, 1.165) is 0 Å². The molecule has 0 aliphatic rings. The molecular weight excluding hydrogens is 245 g/mol. The molecule has 0 aromatic carbocycles. The van der Waals surface area contributed by atoms with Crippen molar-refractivity contribution in [3.05, 3.63) is 21.4 Å². The molecule has 0 bridgehead atoms. The van der Waals surface area contributed by atoms with Gasteiger partial charge in [0.25, 0.3) is 0 Å². The van der Waals surface area contributed by atoms with Crippen LogP contribution in [0.1, 0.15) is 31.3 Å². The lowest BCUT2D eigenvalue weighted by molar-refractivity contribution is -0.134. The molecule has 0 saturated heterocycles. The number of thiophene rings is 1. The monoisotopic (exact) mass is 252 g/mol. The van der Waals surface area contributed by atoms with Crippen LogP contribution < -0.4 is 0 Å².